The molecule has 0 fully saturated rings. The third-order valence-electron chi connectivity index (χ3n) is 5.44. The lowest BCUT2D eigenvalue weighted by Crippen LogP contribution is -2.30. The van der Waals surface area contributed by atoms with Crippen LogP contribution in [0.15, 0.2) is 53.7 Å². The molecule has 1 amide bonds. The van der Waals surface area contributed by atoms with Gasteiger partial charge < -0.3 is 24.3 Å². The van der Waals surface area contributed by atoms with Gasteiger partial charge in [0.2, 0.25) is 5.91 Å². The smallest absolute Gasteiger partial charge is 0.234 e. The molecule has 0 saturated carbocycles. The van der Waals surface area contributed by atoms with Crippen LogP contribution in [-0.2, 0) is 11.8 Å². The fourth-order valence-electron chi connectivity index (χ4n) is 3.79. The van der Waals surface area contributed by atoms with Gasteiger partial charge in [-0.2, -0.15) is 0 Å². The van der Waals surface area contributed by atoms with Crippen molar-refractivity contribution in [3.63, 3.8) is 0 Å². The van der Waals surface area contributed by atoms with Gasteiger partial charge in [-0.15, -0.1) is 10.2 Å². The number of ether oxygens (including phenoxy) is 2. The van der Waals surface area contributed by atoms with Gasteiger partial charge in [0.05, 0.1) is 5.75 Å². The van der Waals surface area contributed by atoms with Crippen molar-refractivity contribution >= 4 is 29.0 Å². The minimum Gasteiger partial charge on any atom is -0.485 e. The van der Waals surface area contributed by atoms with Gasteiger partial charge in [0.25, 0.3) is 0 Å². The Morgan fingerprint density at radius 1 is 1.18 bits per heavy atom. The molecule has 2 aromatic carbocycles. The molecule has 0 aliphatic carbocycles. The summed E-state index contributed by atoms with van der Waals surface area (Å²) in [4.78, 5) is 14.8. The number of benzene rings is 2. The van der Waals surface area contributed by atoms with Crippen molar-refractivity contribution in [3.05, 3.63) is 54.4 Å². The zero-order chi connectivity index (χ0) is 23.4. The van der Waals surface area contributed by atoms with E-state index in [0.717, 1.165) is 23.7 Å². The molecular weight excluding hydrogens is 438 g/mol. The molecule has 9 heteroatoms. The van der Waals surface area contributed by atoms with E-state index in [9.17, 15) is 4.79 Å². The monoisotopic (exact) mass is 467 g/mol. The third-order valence-corrected chi connectivity index (χ3v) is 6.46. The molecule has 1 aliphatic heterocycles. The Balaban J connectivity index is 1.33. The number of nitrogens with one attached hydrogen (secondary N) is 1. The fraction of sp³-hybridized carbons (Fsp3) is 0.375. The molecule has 0 saturated heterocycles. The second kappa shape index (κ2) is 10.2. The number of carbonyl (C=O) groups is 1. The predicted molar refractivity (Wildman–Crippen MR) is 130 cm³/mol. The van der Waals surface area contributed by atoms with Crippen LogP contribution in [-0.4, -0.2) is 45.6 Å². The molecule has 0 radical (unpaired) electrons. The van der Waals surface area contributed by atoms with E-state index in [0.29, 0.717) is 29.4 Å². The Morgan fingerprint density at radius 2 is 1.91 bits per heavy atom. The molecule has 4 rings (SSSR count). The highest BCUT2D eigenvalue weighted by Gasteiger charge is 2.27. The standard InChI is InChI=1S/C24H29N5O3S/c1-5-29(16(2)3)18-12-10-17(11-13-18)25-22(30)15-33-24-27-26-23(28(24)4)21-14-31-19-8-6-7-9-20(19)32-21/h6-13,16,21H,5,14-15H2,1-4H3,(H,25,30). The number of aromatic nitrogens is 3. The van der Waals surface area contributed by atoms with Gasteiger partial charge in [0.15, 0.2) is 28.6 Å². The summed E-state index contributed by atoms with van der Waals surface area (Å²) in [6.45, 7) is 7.76. The number of carbonyl (C=O) groups excluding carboxylic acids is 1. The van der Waals surface area contributed by atoms with E-state index in [1.165, 1.54) is 11.8 Å². The van der Waals surface area contributed by atoms with Crippen LogP contribution < -0.4 is 19.7 Å². The van der Waals surface area contributed by atoms with Gasteiger partial charge >= 0.3 is 0 Å². The molecule has 174 valence electrons. The van der Waals surface area contributed by atoms with Crippen LogP contribution in [0.5, 0.6) is 11.5 Å². The first kappa shape index (κ1) is 23.0. The topological polar surface area (TPSA) is 81.5 Å². The molecule has 1 aromatic heterocycles. The second-order valence-electron chi connectivity index (χ2n) is 8.03. The van der Waals surface area contributed by atoms with Crippen molar-refractivity contribution in [2.75, 3.05) is 29.1 Å². The quantitative estimate of drug-likeness (QED) is 0.495. The van der Waals surface area contributed by atoms with E-state index >= 15 is 0 Å². The predicted octanol–water partition coefficient (Wildman–Crippen LogP) is 4.29. The Bertz CT molecular complexity index is 1100. The van der Waals surface area contributed by atoms with Crippen LogP contribution in [0.1, 0.15) is 32.7 Å². The fourth-order valence-corrected chi connectivity index (χ4v) is 4.51. The zero-order valence-corrected chi connectivity index (χ0v) is 20.1. The highest BCUT2D eigenvalue weighted by Crippen LogP contribution is 2.35. The van der Waals surface area contributed by atoms with Crippen molar-refractivity contribution in [2.45, 2.75) is 38.1 Å². The highest BCUT2D eigenvalue weighted by molar-refractivity contribution is 7.99. The lowest BCUT2D eigenvalue weighted by Gasteiger charge is -2.27. The third kappa shape index (κ3) is 5.24. The van der Waals surface area contributed by atoms with E-state index < -0.39 is 0 Å². The van der Waals surface area contributed by atoms with Crippen molar-refractivity contribution in [1.29, 1.82) is 0 Å². The maximum Gasteiger partial charge on any atom is 0.234 e. The molecule has 1 N–H and O–H groups in total. The number of hydrogen-bond acceptors (Lipinski definition) is 7. The summed E-state index contributed by atoms with van der Waals surface area (Å²) in [5, 5.41) is 12.1. The number of fused-ring (bicyclic) bond motifs is 1. The largest absolute Gasteiger partial charge is 0.485 e. The van der Waals surface area contributed by atoms with Gasteiger partial charge in [0.1, 0.15) is 6.61 Å². The maximum absolute atomic E-state index is 12.5. The van der Waals surface area contributed by atoms with Crippen LogP contribution in [0.3, 0.4) is 0 Å². The first-order valence-corrected chi connectivity index (χ1v) is 12.0. The summed E-state index contributed by atoms with van der Waals surface area (Å²) in [6.07, 6.45) is -0.354. The molecule has 0 spiro atoms. The molecule has 1 unspecified atom stereocenters. The van der Waals surface area contributed by atoms with Crippen LogP contribution >= 0.6 is 11.8 Å². The van der Waals surface area contributed by atoms with E-state index in [4.69, 9.17) is 9.47 Å². The summed E-state index contributed by atoms with van der Waals surface area (Å²) >= 11 is 1.33. The average Bonchev–Trinajstić information content (AvgIpc) is 3.19. The van der Waals surface area contributed by atoms with E-state index in [2.05, 4.69) is 41.2 Å². The molecule has 2 heterocycles. The Kier molecular flexibility index (Phi) is 7.08. The van der Waals surface area contributed by atoms with E-state index in [1.807, 2.05) is 60.1 Å². The molecule has 0 bridgehead atoms. The molecule has 3 aromatic rings. The minimum absolute atomic E-state index is 0.0975. The second-order valence-corrected chi connectivity index (χ2v) is 8.97. The minimum atomic E-state index is -0.354. The zero-order valence-electron chi connectivity index (χ0n) is 19.3. The van der Waals surface area contributed by atoms with Crippen molar-refractivity contribution in [1.82, 2.24) is 14.8 Å². The number of rotatable bonds is 8. The lowest BCUT2D eigenvalue weighted by molar-refractivity contribution is -0.113. The van der Waals surface area contributed by atoms with Crippen molar-refractivity contribution in [3.8, 4) is 11.5 Å². The average molecular weight is 468 g/mol. The number of para-hydroxylation sites is 2. The molecule has 33 heavy (non-hydrogen) atoms. The SMILES string of the molecule is CCN(c1ccc(NC(=O)CSc2nnc(C3COc4ccccc4O3)n2C)cc1)C(C)C. The first-order chi connectivity index (χ1) is 16.0. The summed E-state index contributed by atoms with van der Waals surface area (Å²) in [7, 11) is 1.87. The van der Waals surface area contributed by atoms with Crippen molar-refractivity contribution < 1.29 is 14.3 Å². The van der Waals surface area contributed by atoms with Crippen LogP contribution in [0, 0.1) is 0 Å². The summed E-state index contributed by atoms with van der Waals surface area (Å²) < 4.78 is 13.7. The first-order valence-electron chi connectivity index (χ1n) is 11.0. The number of anilines is 2. The molecule has 1 aliphatic rings. The van der Waals surface area contributed by atoms with Gasteiger partial charge in [-0.25, -0.2) is 0 Å². The number of nitrogens with zero attached hydrogens (tertiary/aromatic N) is 4. The number of amides is 1. The summed E-state index contributed by atoms with van der Waals surface area (Å²) in [6, 6.07) is 15.9. The Labute approximate surface area is 198 Å². The van der Waals surface area contributed by atoms with E-state index in [1.54, 1.807) is 0 Å². The molecule has 1 atom stereocenters. The highest BCUT2D eigenvalue weighted by atomic mass is 32.2. The molecular formula is C24H29N5O3S. The van der Waals surface area contributed by atoms with Gasteiger partial charge in [-0.1, -0.05) is 23.9 Å². The van der Waals surface area contributed by atoms with Crippen LogP contribution in [0.2, 0.25) is 0 Å². The molecule has 8 nitrogen and oxygen atoms in total. The lowest BCUT2D eigenvalue weighted by atomic mass is 10.2. The number of thioether (sulfide) groups is 1. The Morgan fingerprint density at radius 3 is 2.61 bits per heavy atom. The summed E-state index contributed by atoms with van der Waals surface area (Å²) in [5.41, 5.74) is 1.91. The Hall–Kier alpha value is -3.20. The summed E-state index contributed by atoms with van der Waals surface area (Å²) in [5.74, 6) is 2.20. The van der Waals surface area contributed by atoms with Crippen molar-refractivity contribution in [2.24, 2.45) is 7.05 Å². The van der Waals surface area contributed by atoms with Gasteiger partial charge in [-0.05, 0) is 57.2 Å². The number of hydrogen-bond donors (Lipinski definition) is 1. The normalized spacial score (nSPS) is 14.9. The van der Waals surface area contributed by atoms with Gasteiger partial charge in [-0.3, -0.25) is 4.79 Å². The van der Waals surface area contributed by atoms with Gasteiger partial charge in [0, 0.05) is 31.0 Å². The van der Waals surface area contributed by atoms with E-state index in [-0.39, 0.29) is 17.8 Å². The van der Waals surface area contributed by atoms with Crippen LogP contribution in [0.4, 0.5) is 11.4 Å². The van der Waals surface area contributed by atoms with Crippen LogP contribution in [0.25, 0.3) is 0 Å². The maximum atomic E-state index is 12.5.